The molecule has 68 heavy (non-hydrogen) atoms. The van der Waals surface area contributed by atoms with Gasteiger partial charge in [0.2, 0.25) is 0 Å². The number of nitrogens with zero attached hydrogens (tertiary/aromatic N) is 4. The lowest BCUT2D eigenvalue weighted by atomic mass is 9.99. The molecule has 0 saturated heterocycles. The molecule has 0 unspecified atom stereocenters. The maximum Gasteiger partial charge on any atom is 0.170 e. The van der Waals surface area contributed by atoms with Crippen molar-refractivity contribution >= 4 is 108 Å². The van der Waals surface area contributed by atoms with Gasteiger partial charge in [-0.1, -0.05) is 176 Å². The third-order valence-electron chi connectivity index (χ3n) is 14.2. The van der Waals surface area contributed by atoms with Crippen LogP contribution < -0.4 is 0 Å². The zero-order valence-electron chi connectivity index (χ0n) is 36.5. The smallest absolute Gasteiger partial charge is 0.170 e. The molecule has 0 spiro atoms. The minimum Gasteiger partial charge on any atom is -0.455 e. The number of rotatable bonds is 4. The summed E-state index contributed by atoms with van der Waals surface area (Å²) in [5.41, 5.74) is 7.24. The van der Waals surface area contributed by atoms with Crippen molar-refractivity contribution < 1.29 is 4.42 Å². The van der Waals surface area contributed by atoms with Crippen molar-refractivity contribution in [2.24, 2.45) is 0 Å². The van der Waals surface area contributed by atoms with E-state index < -0.39 is 0 Å². The van der Waals surface area contributed by atoms with Crippen LogP contribution in [0.15, 0.2) is 223 Å². The zero-order valence-corrected chi connectivity index (χ0v) is 36.5. The topological polar surface area (TPSA) is 56.7 Å². The van der Waals surface area contributed by atoms with Crippen molar-refractivity contribution in [3.8, 4) is 39.9 Å². The minimum absolute atomic E-state index is 0.526. The second-order valence-electron chi connectivity index (χ2n) is 17.9. The van der Waals surface area contributed by atoms with E-state index >= 15 is 0 Å². The summed E-state index contributed by atoms with van der Waals surface area (Å²) < 4.78 is 9.46. The van der Waals surface area contributed by atoms with Crippen molar-refractivity contribution in [2.75, 3.05) is 0 Å². The van der Waals surface area contributed by atoms with Crippen LogP contribution in [0, 0.1) is 0 Å². The van der Waals surface area contributed by atoms with Crippen LogP contribution in [0.5, 0.6) is 0 Å². The molecule has 15 rings (SSSR count). The molecule has 0 aliphatic rings. The maximum atomic E-state index is 7.03. The molecular formula is C63H36N4O. The molecule has 12 aromatic carbocycles. The number of benzene rings is 12. The molecule has 5 heteroatoms. The molecule has 3 aromatic heterocycles. The molecule has 0 saturated carbocycles. The van der Waals surface area contributed by atoms with E-state index in [0.29, 0.717) is 17.5 Å². The van der Waals surface area contributed by atoms with Crippen molar-refractivity contribution in [2.45, 2.75) is 0 Å². The summed E-state index contributed by atoms with van der Waals surface area (Å²) >= 11 is 0. The summed E-state index contributed by atoms with van der Waals surface area (Å²) in [6.07, 6.45) is 0. The number of para-hydroxylation sites is 1. The van der Waals surface area contributed by atoms with Gasteiger partial charge >= 0.3 is 0 Å². The molecule has 0 fully saturated rings. The highest BCUT2D eigenvalue weighted by Crippen LogP contribution is 2.45. The Morgan fingerprint density at radius 2 is 0.779 bits per heavy atom. The molecule has 314 valence electrons. The Bertz CT molecular complexity index is 4500. The van der Waals surface area contributed by atoms with Crippen LogP contribution in [-0.4, -0.2) is 19.5 Å². The number of aromatic nitrogens is 4. The number of furan rings is 1. The van der Waals surface area contributed by atoms with Crippen molar-refractivity contribution in [1.29, 1.82) is 0 Å². The van der Waals surface area contributed by atoms with Crippen LogP contribution in [0.2, 0.25) is 0 Å². The van der Waals surface area contributed by atoms with Gasteiger partial charge in [0.05, 0.1) is 22.3 Å². The zero-order chi connectivity index (χ0) is 44.5. The predicted molar refractivity (Wildman–Crippen MR) is 283 cm³/mol. The number of hydrogen-bond acceptors (Lipinski definition) is 4. The Balaban J connectivity index is 1.07. The molecule has 0 radical (unpaired) electrons. The first-order valence-corrected chi connectivity index (χ1v) is 23.1. The molecule has 0 aliphatic carbocycles. The number of hydrogen-bond donors (Lipinski definition) is 0. The van der Waals surface area contributed by atoms with E-state index in [1.165, 1.54) is 48.5 Å². The highest BCUT2D eigenvalue weighted by molar-refractivity contribution is 6.22. The fourth-order valence-corrected chi connectivity index (χ4v) is 10.9. The van der Waals surface area contributed by atoms with Crippen LogP contribution in [0.25, 0.3) is 148 Å². The van der Waals surface area contributed by atoms with Crippen molar-refractivity contribution in [3.05, 3.63) is 218 Å². The molecule has 5 nitrogen and oxygen atoms in total. The van der Waals surface area contributed by atoms with Gasteiger partial charge in [0.25, 0.3) is 0 Å². The summed E-state index contributed by atoms with van der Waals surface area (Å²) in [7, 11) is 0. The van der Waals surface area contributed by atoms with Gasteiger partial charge in [-0.3, -0.25) is 0 Å². The first kappa shape index (κ1) is 37.1. The van der Waals surface area contributed by atoms with E-state index in [2.05, 4.69) is 211 Å². The van der Waals surface area contributed by atoms with E-state index in [0.717, 1.165) is 82.3 Å². The standard InChI is InChI=1S/C63H36N4O/c1-2-15-41-36-56-54(35-40(41)14-1)52-30-25-39-13-5-8-18-50(39)59(52)67(56)55-32-31-53-51-19-9-10-20-57(51)68-60(53)58(55)63-65-61(44-26-28-48-42(33-44)23-21-37-11-3-6-16-46(37)48)64-62(66-63)45-27-29-49-43(34-45)24-22-38-12-4-7-17-47(38)49/h1-36H. The normalized spacial score (nSPS) is 12.1. The van der Waals surface area contributed by atoms with E-state index in [9.17, 15) is 0 Å². The molecule has 0 aliphatic heterocycles. The SMILES string of the molecule is c1ccc2cc3c(cc2c1)c1ccc2ccccc2c1n3-c1ccc2c(oc3ccccc32)c1-c1nc(-c2ccc3c(ccc4ccccc43)c2)nc(-c2ccc3c(ccc4ccccc43)c2)n1. The fraction of sp³-hybridized carbons (Fsp3) is 0. The maximum absolute atomic E-state index is 7.03. The lowest BCUT2D eigenvalue weighted by Gasteiger charge is -2.16. The minimum atomic E-state index is 0.526. The number of fused-ring (bicyclic) bond motifs is 15. The van der Waals surface area contributed by atoms with Gasteiger partial charge in [-0.2, -0.15) is 0 Å². The van der Waals surface area contributed by atoms with E-state index in [1.54, 1.807) is 0 Å². The third-order valence-corrected chi connectivity index (χ3v) is 14.2. The Morgan fingerprint density at radius 3 is 1.44 bits per heavy atom. The molecule has 0 atom stereocenters. The monoisotopic (exact) mass is 864 g/mol. The third kappa shape index (κ3) is 5.47. The Morgan fingerprint density at radius 1 is 0.309 bits per heavy atom. The molecule has 15 aromatic rings. The molecule has 0 amide bonds. The quantitative estimate of drug-likeness (QED) is 0.165. The van der Waals surface area contributed by atoms with E-state index in [-0.39, 0.29) is 0 Å². The van der Waals surface area contributed by atoms with Crippen LogP contribution in [0.4, 0.5) is 0 Å². The second-order valence-corrected chi connectivity index (χ2v) is 17.9. The summed E-state index contributed by atoms with van der Waals surface area (Å²) in [4.78, 5) is 16.4. The Hall–Kier alpha value is -9.19. The second kappa shape index (κ2) is 14.2. The van der Waals surface area contributed by atoms with Crippen LogP contribution in [-0.2, 0) is 0 Å². The average molecular weight is 865 g/mol. The largest absolute Gasteiger partial charge is 0.455 e. The summed E-state index contributed by atoms with van der Waals surface area (Å²) in [5.74, 6) is 1.69. The molecule has 3 heterocycles. The highest BCUT2D eigenvalue weighted by Gasteiger charge is 2.26. The summed E-state index contributed by atoms with van der Waals surface area (Å²) in [6, 6.07) is 78.2. The molecule has 0 bridgehead atoms. The first-order chi connectivity index (χ1) is 33.7. The van der Waals surface area contributed by atoms with Gasteiger partial charge < -0.3 is 8.98 Å². The molecule has 0 N–H and O–H groups in total. The van der Waals surface area contributed by atoms with Gasteiger partial charge in [-0.15, -0.1) is 0 Å². The van der Waals surface area contributed by atoms with Gasteiger partial charge in [-0.25, -0.2) is 15.0 Å². The lowest BCUT2D eigenvalue weighted by Crippen LogP contribution is -2.04. The average Bonchev–Trinajstić information content (AvgIpc) is 3.94. The lowest BCUT2D eigenvalue weighted by molar-refractivity contribution is 0.669. The van der Waals surface area contributed by atoms with Crippen molar-refractivity contribution in [1.82, 2.24) is 19.5 Å². The van der Waals surface area contributed by atoms with Gasteiger partial charge in [-0.05, 0) is 102 Å². The highest BCUT2D eigenvalue weighted by atomic mass is 16.3. The van der Waals surface area contributed by atoms with Crippen LogP contribution in [0.1, 0.15) is 0 Å². The fourth-order valence-electron chi connectivity index (χ4n) is 10.9. The van der Waals surface area contributed by atoms with Crippen LogP contribution >= 0.6 is 0 Å². The van der Waals surface area contributed by atoms with Crippen molar-refractivity contribution in [3.63, 3.8) is 0 Å². The first-order valence-electron chi connectivity index (χ1n) is 23.1. The predicted octanol–water partition coefficient (Wildman–Crippen LogP) is 16.8. The van der Waals surface area contributed by atoms with Crippen LogP contribution in [0.3, 0.4) is 0 Å². The van der Waals surface area contributed by atoms with E-state index in [4.69, 9.17) is 19.4 Å². The summed E-state index contributed by atoms with van der Waals surface area (Å²) in [6.45, 7) is 0. The Kier molecular flexibility index (Phi) is 7.72. The summed E-state index contributed by atoms with van der Waals surface area (Å²) in [5, 5.41) is 18.5. The van der Waals surface area contributed by atoms with E-state index in [1.807, 2.05) is 12.1 Å². The Labute approximate surface area is 388 Å². The van der Waals surface area contributed by atoms with Gasteiger partial charge in [0.1, 0.15) is 11.2 Å². The van der Waals surface area contributed by atoms with Gasteiger partial charge in [0, 0.05) is 38.1 Å². The van der Waals surface area contributed by atoms with Gasteiger partial charge in [0.15, 0.2) is 17.5 Å². The molecular weight excluding hydrogens is 829 g/mol.